The summed E-state index contributed by atoms with van der Waals surface area (Å²) in [4.78, 5) is 3.76. The number of aromatic nitrogens is 1. The van der Waals surface area contributed by atoms with Crippen LogP contribution in [0.5, 0.6) is 0 Å². The SMILES string of the molecule is Nc1ccccn1.c1ccccc1. The van der Waals surface area contributed by atoms with Crippen molar-refractivity contribution in [2.45, 2.75) is 0 Å². The van der Waals surface area contributed by atoms with E-state index in [9.17, 15) is 0 Å². The molecule has 0 radical (unpaired) electrons. The summed E-state index contributed by atoms with van der Waals surface area (Å²) >= 11 is 0. The smallest absolute Gasteiger partial charge is 0.123 e. The lowest BCUT2D eigenvalue weighted by Crippen LogP contribution is -1.85. The Morgan fingerprint density at radius 3 is 1.54 bits per heavy atom. The standard InChI is InChI=1S/C6H6.C5H6N2/c1-2-4-6-5-3-1;6-5-3-1-2-4-7-5/h1-6H;1-4H,(H2,6,7). The Hall–Kier alpha value is -1.83. The van der Waals surface area contributed by atoms with Crippen LogP contribution in [0.1, 0.15) is 0 Å². The third kappa shape index (κ3) is 4.58. The molecule has 0 fully saturated rings. The average Bonchev–Trinajstić information content (AvgIpc) is 2.22. The number of nitrogens with zero attached hydrogens (tertiary/aromatic N) is 1. The molecule has 0 amide bonds. The monoisotopic (exact) mass is 172 g/mol. The number of anilines is 1. The summed E-state index contributed by atoms with van der Waals surface area (Å²) in [5.41, 5.74) is 5.25. The maximum Gasteiger partial charge on any atom is 0.123 e. The van der Waals surface area contributed by atoms with Gasteiger partial charge in [-0.1, -0.05) is 42.5 Å². The molecule has 1 heterocycles. The second kappa shape index (κ2) is 5.77. The molecule has 0 saturated heterocycles. The fourth-order valence-corrected chi connectivity index (χ4v) is 0.761. The molecule has 0 aliphatic heterocycles. The van der Waals surface area contributed by atoms with Crippen LogP contribution in [-0.2, 0) is 0 Å². The third-order valence-electron chi connectivity index (χ3n) is 1.35. The number of nitrogens with two attached hydrogens (primary N) is 1. The van der Waals surface area contributed by atoms with Gasteiger partial charge in [0.05, 0.1) is 0 Å². The largest absolute Gasteiger partial charge is 0.384 e. The lowest BCUT2D eigenvalue weighted by molar-refractivity contribution is 1.34. The summed E-state index contributed by atoms with van der Waals surface area (Å²) in [7, 11) is 0. The van der Waals surface area contributed by atoms with E-state index in [1.54, 1.807) is 12.3 Å². The molecule has 2 rings (SSSR count). The zero-order valence-corrected chi connectivity index (χ0v) is 7.30. The van der Waals surface area contributed by atoms with Gasteiger partial charge in [0.25, 0.3) is 0 Å². The zero-order chi connectivity index (χ0) is 9.36. The van der Waals surface area contributed by atoms with E-state index in [4.69, 9.17) is 5.73 Å². The van der Waals surface area contributed by atoms with Gasteiger partial charge in [0.15, 0.2) is 0 Å². The molecule has 2 heteroatoms. The van der Waals surface area contributed by atoms with Crippen molar-refractivity contribution in [2.75, 3.05) is 5.73 Å². The van der Waals surface area contributed by atoms with E-state index in [1.165, 1.54) is 0 Å². The Kier molecular flexibility index (Phi) is 4.11. The van der Waals surface area contributed by atoms with Crippen molar-refractivity contribution in [1.82, 2.24) is 4.98 Å². The quantitative estimate of drug-likeness (QED) is 0.662. The van der Waals surface area contributed by atoms with Crippen molar-refractivity contribution in [3.05, 3.63) is 60.8 Å². The molecular formula is C11H12N2. The van der Waals surface area contributed by atoms with Gasteiger partial charge in [-0.05, 0) is 12.1 Å². The van der Waals surface area contributed by atoms with Crippen molar-refractivity contribution in [3.63, 3.8) is 0 Å². The predicted molar refractivity (Wildman–Crippen MR) is 55.1 cm³/mol. The van der Waals surface area contributed by atoms with E-state index in [2.05, 4.69) is 4.98 Å². The molecule has 13 heavy (non-hydrogen) atoms. The molecule has 1 aromatic heterocycles. The molecule has 0 aliphatic rings. The lowest BCUT2D eigenvalue weighted by Gasteiger charge is -1.82. The molecule has 2 aromatic rings. The van der Waals surface area contributed by atoms with E-state index < -0.39 is 0 Å². The van der Waals surface area contributed by atoms with Gasteiger partial charge in [0, 0.05) is 6.20 Å². The van der Waals surface area contributed by atoms with Gasteiger partial charge in [-0.2, -0.15) is 0 Å². The Balaban J connectivity index is 0.000000132. The summed E-state index contributed by atoms with van der Waals surface area (Å²) in [6, 6.07) is 17.4. The van der Waals surface area contributed by atoms with Crippen LogP contribution in [0.3, 0.4) is 0 Å². The lowest BCUT2D eigenvalue weighted by atomic mass is 10.4. The first-order valence-corrected chi connectivity index (χ1v) is 4.06. The van der Waals surface area contributed by atoms with Gasteiger partial charge in [-0.3, -0.25) is 0 Å². The van der Waals surface area contributed by atoms with Crippen molar-refractivity contribution >= 4 is 5.82 Å². The number of nitrogen functional groups attached to an aromatic ring is 1. The fraction of sp³-hybridized carbons (Fsp3) is 0. The molecule has 1 aromatic carbocycles. The Morgan fingerprint density at radius 2 is 1.31 bits per heavy atom. The zero-order valence-electron chi connectivity index (χ0n) is 7.30. The first kappa shape index (κ1) is 9.26. The van der Waals surface area contributed by atoms with Gasteiger partial charge in [0.1, 0.15) is 5.82 Å². The van der Waals surface area contributed by atoms with Crippen molar-refractivity contribution in [2.24, 2.45) is 0 Å². The van der Waals surface area contributed by atoms with Gasteiger partial charge >= 0.3 is 0 Å². The average molecular weight is 172 g/mol. The topological polar surface area (TPSA) is 38.9 Å². The van der Waals surface area contributed by atoms with Crippen molar-refractivity contribution in [3.8, 4) is 0 Å². The normalized spacial score (nSPS) is 8.31. The Labute approximate surface area is 78.1 Å². The number of rotatable bonds is 0. The fourth-order valence-electron chi connectivity index (χ4n) is 0.761. The second-order valence-corrected chi connectivity index (χ2v) is 2.41. The molecule has 66 valence electrons. The van der Waals surface area contributed by atoms with Crippen molar-refractivity contribution in [1.29, 1.82) is 0 Å². The van der Waals surface area contributed by atoms with Crippen LogP contribution >= 0.6 is 0 Å². The van der Waals surface area contributed by atoms with E-state index in [1.807, 2.05) is 48.5 Å². The second-order valence-electron chi connectivity index (χ2n) is 2.41. The minimum atomic E-state index is 0.572. The van der Waals surface area contributed by atoms with Gasteiger partial charge in [-0.25, -0.2) is 4.98 Å². The predicted octanol–water partition coefficient (Wildman–Crippen LogP) is 2.35. The highest BCUT2D eigenvalue weighted by atomic mass is 14.8. The molecule has 0 spiro atoms. The van der Waals surface area contributed by atoms with E-state index in [0.29, 0.717) is 5.82 Å². The Morgan fingerprint density at radius 1 is 0.769 bits per heavy atom. The minimum absolute atomic E-state index is 0.572. The van der Waals surface area contributed by atoms with Crippen LogP contribution in [0.4, 0.5) is 5.82 Å². The Bertz CT molecular complexity index is 279. The first-order chi connectivity index (χ1) is 6.39. The van der Waals surface area contributed by atoms with E-state index in [0.717, 1.165) is 0 Å². The van der Waals surface area contributed by atoms with Gasteiger partial charge in [-0.15, -0.1) is 0 Å². The molecule has 2 nitrogen and oxygen atoms in total. The van der Waals surface area contributed by atoms with Crippen LogP contribution in [0.2, 0.25) is 0 Å². The van der Waals surface area contributed by atoms with Crippen LogP contribution < -0.4 is 5.73 Å². The highest BCUT2D eigenvalue weighted by Crippen LogP contribution is 1.89. The van der Waals surface area contributed by atoms with Crippen molar-refractivity contribution < 1.29 is 0 Å². The van der Waals surface area contributed by atoms with Crippen LogP contribution in [0.15, 0.2) is 60.8 Å². The van der Waals surface area contributed by atoms with E-state index >= 15 is 0 Å². The number of hydrogen-bond acceptors (Lipinski definition) is 2. The van der Waals surface area contributed by atoms with Crippen LogP contribution in [-0.4, -0.2) is 4.98 Å². The molecule has 0 aliphatic carbocycles. The first-order valence-electron chi connectivity index (χ1n) is 4.06. The molecule has 2 N–H and O–H groups in total. The maximum absolute atomic E-state index is 5.25. The van der Waals surface area contributed by atoms with Crippen LogP contribution in [0.25, 0.3) is 0 Å². The molecular weight excluding hydrogens is 160 g/mol. The summed E-state index contributed by atoms with van der Waals surface area (Å²) < 4.78 is 0. The minimum Gasteiger partial charge on any atom is -0.384 e. The number of hydrogen-bond donors (Lipinski definition) is 1. The summed E-state index contributed by atoms with van der Waals surface area (Å²) in [5.74, 6) is 0.572. The molecule has 0 unspecified atom stereocenters. The maximum atomic E-state index is 5.25. The summed E-state index contributed by atoms with van der Waals surface area (Å²) in [5, 5.41) is 0. The molecule has 0 saturated carbocycles. The number of pyridine rings is 1. The van der Waals surface area contributed by atoms with Gasteiger partial charge in [0.2, 0.25) is 0 Å². The summed E-state index contributed by atoms with van der Waals surface area (Å²) in [6.07, 6.45) is 1.66. The third-order valence-corrected chi connectivity index (χ3v) is 1.35. The molecule has 0 bridgehead atoms. The highest BCUT2D eigenvalue weighted by molar-refractivity contribution is 5.25. The van der Waals surface area contributed by atoms with E-state index in [-0.39, 0.29) is 0 Å². The summed E-state index contributed by atoms with van der Waals surface area (Å²) in [6.45, 7) is 0. The highest BCUT2D eigenvalue weighted by Gasteiger charge is 1.73. The van der Waals surface area contributed by atoms with Gasteiger partial charge < -0.3 is 5.73 Å². The van der Waals surface area contributed by atoms with Crippen LogP contribution in [0, 0.1) is 0 Å². The molecule has 0 atom stereocenters. The number of benzene rings is 1.